The summed E-state index contributed by atoms with van der Waals surface area (Å²) in [4.78, 5) is 28.2. The number of halogens is 1. The van der Waals surface area contributed by atoms with Crippen LogP contribution in [-0.2, 0) is 32.4 Å². The molecule has 1 aliphatic heterocycles. The van der Waals surface area contributed by atoms with Crippen molar-refractivity contribution in [2.45, 2.75) is 44.6 Å². The van der Waals surface area contributed by atoms with E-state index in [2.05, 4.69) is 45.2 Å². The number of carbonyl (C=O) groups is 2. The molecule has 0 fully saturated rings. The highest BCUT2D eigenvalue weighted by atomic mass is 79.9. The lowest BCUT2D eigenvalue weighted by atomic mass is 10.2. The zero-order chi connectivity index (χ0) is 24.7. The topological polar surface area (TPSA) is 86.8 Å². The number of rotatable bonds is 11. The highest BCUT2D eigenvalue weighted by Crippen LogP contribution is 2.36. The minimum Gasteiger partial charge on any atom is -0.356 e. The van der Waals surface area contributed by atoms with Crippen molar-refractivity contribution in [3.05, 3.63) is 58.1 Å². The van der Waals surface area contributed by atoms with Crippen LogP contribution in [-0.4, -0.2) is 57.1 Å². The molecule has 0 bridgehead atoms. The van der Waals surface area contributed by atoms with E-state index < -0.39 is 9.84 Å². The third kappa shape index (κ3) is 6.90. The Balaban J connectivity index is 1.48. The van der Waals surface area contributed by atoms with Crippen molar-refractivity contribution < 1.29 is 18.0 Å². The SMILES string of the molecule is CCN(CCCNC(=O)CCS(=O)(=O)c1cc2c(cc1Br)CCN2C(C)=O)Cc1ccccc1. The first-order valence-electron chi connectivity index (χ1n) is 11.6. The van der Waals surface area contributed by atoms with Crippen molar-refractivity contribution in [3.8, 4) is 0 Å². The summed E-state index contributed by atoms with van der Waals surface area (Å²) in [6, 6.07) is 13.6. The molecule has 34 heavy (non-hydrogen) atoms. The number of sulfone groups is 1. The van der Waals surface area contributed by atoms with Gasteiger partial charge in [0, 0.05) is 49.7 Å². The largest absolute Gasteiger partial charge is 0.356 e. The lowest BCUT2D eigenvalue weighted by Gasteiger charge is -2.20. The predicted molar refractivity (Wildman–Crippen MR) is 138 cm³/mol. The molecule has 0 saturated carbocycles. The average Bonchev–Trinajstić information content (AvgIpc) is 3.23. The Morgan fingerprint density at radius 3 is 2.59 bits per heavy atom. The van der Waals surface area contributed by atoms with E-state index in [4.69, 9.17) is 0 Å². The van der Waals surface area contributed by atoms with Crippen molar-refractivity contribution in [1.29, 1.82) is 0 Å². The third-order valence-corrected chi connectivity index (χ3v) is 8.68. The van der Waals surface area contributed by atoms with Gasteiger partial charge in [0.2, 0.25) is 11.8 Å². The van der Waals surface area contributed by atoms with Gasteiger partial charge in [0.1, 0.15) is 0 Å². The maximum atomic E-state index is 12.9. The van der Waals surface area contributed by atoms with Crippen LogP contribution in [0.15, 0.2) is 51.8 Å². The van der Waals surface area contributed by atoms with Gasteiger partial charge in [-0.1, -0.05) is 37.3 Å². The highest BCUT2D eigenvalue weighted by Gasteiger charge is 2.27. The summed E-state index contributed by atoms with van der Waals surface area (Å²) in [5.74, 6) is -0.683. The molecule has 184 valence electrons. The lowest BCUT2D eigenvalue weighted by molar-refractivity contribution is -0.120. The number of anilines is 1. The van der Waals surface area contributed by atoms with Gasteiger partial charge in [0.25, 0.3) is 0 Å². The second kappa shape index (κ2) is 12.0. The number of hydrogen-bond acceptors (Lipinski definition) is 5. The van der Waals surface area contributed by atoms with Gasteiger partial charge in [-0.25, -0.2) is 8.42 Å². The Morgan fingerprint density at radius 1 is 1.18 bits per heavy atom. The lowest BCUT2D eigenvalue weighted by Crippen LogP contribution is -2.30. The molecule has 2 aromatic carbocycles. The quantitative estimate of drug-likeness (QED) is 0.433. The fraction of sp³-hybridized carbons (Fsp3) is 0.440. The molecule has 0 spiro atoms. The van der Waals surface area contributed by atoms with Crippen LogP contribution in [0.3, 0.4) is 0 Å². The van der Waals surface area contributed by atoms with Gasteiger partial charge in [0.15, 0.2) is 9.84 Å². The Kier molecular flexibility index (Phi) is 9.27. The van der Waals surface area contributed by atoms with Gasteiger partial charge in [-0.2, -0.15) is 0 Å². The zero-order valence-electron chi connectivity index (χ0n) is 19.7. The summed E-state index contributed by atoms with van der Waals surface area (Å²) in [5, 5.41) is 2.83. The summed E-state index contributed by atoms with van der Waals surface area (Å²) >= 11 is 3.36. The number of nitrogens with one attached hydrogen (secondary N) is 1. The minimum atomic E-state index is -3.69. The monoisotopic (exact) mass is 549 g/mol. The minimum absolute atomic E-state index is 0.107. The van der Waals surface area contributed by atoms with Crippen LogP contribution < -0.4 is 10.2 Å². The standard InChI is InChI=1S/C25H32BrN3O4S/c1-3-28(18-20-8-5-4-6-9-20)13-7-12-27-25(31)11-15-34(32,33)24-17-23-21(16-22(24)26)10-14-29(23)19(2)30/h4-6,8-9,16-17H,3,7,10-15,18H2,1-2H3,(H,27,31). The molecule has 3 rings (SSSR count). The molecular weight excluding hydrogens is 518 g/mol. The molecule has 0 unspecified atom stereocenters. The summed E-state index contributed by atoms with van der Waals surface area (Å²) in [5.41, 5.74) is 2.82. The first-order chi connectivity index (χ1) is 16.2. The highest BCUT2D eigenvalue weighted by molar-refractivity contribution is 9.10. The summed E-state index contributed by atoms with van der Waals surface area (Å²) in [7, 11) is -3.69. The fourth-order valence-electron chi connectivity index (χ4n) is 4.10. The first kappa shape index (κ1) is 26.4. The number of amides is 2. The summed E-state index contributed by atoms with van der Waals surface area (Å²) in [6.07, 6.45) is 1.37. The maximum absolute atomic E-state index is 12.9. The van der Waals surface area contributed by atoms with Gasteiger partial charge in [-0.15, -0.1) is 0 Å². The molecule has 9 heteroatoms. The molecule has 1 N–H and O–H groups in total. The van der Waals surface area contributed by atoms with E-state index in [1.807, 2.05) is 18.2 Å². The molecular formula is C25H32BrN3O4S. The zero-order valence-corrected chi connectivity index (χ0v) is 22.1. The molecule has 0 radical (unpaired) electrons. The maximum Gasteiger partial charge on any atom is 0.223 e. The second-order valence-electron chi connectivity index (χ2n) is 8.46. The Hall–Kier alpha value is -2.23. The van der Waals surface area contributed by atoms with Crippen molar-refractivity contribution in [2.24, 2.45) is 0 Å². The van der Waals surface area contributed by atoms with E-state index in [1.165, 1.54) is 12.5 Å². The molecule has 0 atom stereocenters. The van der Waals surface area contributed by atoms with Gasteiger partial charge >= 0.3 is 0 Å². The van der Waals surface area contributed by atoms with Gasteiger partial charge in [0.05, 0.1) is 10.6 Å². The van der Waals surface area contributed by atoms with Crippen molar-refractivity contribution in [3.63, 3.8) is 0 Å². The Morgan fingerprint density at radius 2 is 1.91 bits per heavy atom. The van der Waals surface area contributed by atoms with Gasteiger partial charge < -0.3 is 10.2 Å². The van der Waals surface area contributed by atoms with Crippen LogP contribution in [0.4, 0.5) is 5.69 Å². The molecule has 2 aromatic rings. The average molecular weight is 551 g/mol. The van der Waals surface area contributed by atoms with Crippen LogP contribution in [0.1, 0.15) is 37.8 Å². The van der Waals surface area contributed by atoms with Crippen molar-refractivity contribution >= 4 is 43.3 Å². The fourth-order valence-corrected chi connectivity index (χ4v) is 6.55. The van der Waals surface area contributed by atoms with Crippen LogP contribution in [0.2, 0.25) is 0 Å². The van der Waals surface area contributed by atoms with E-state index in [9.17, 15) is 18.0 Å². The Labute approximate surface area is 210 Å². The number of benzene rings is 2. The van der Waals surface area contributed by atoms with Gasteiger partial charge in [-0.05, 0) is 58.6 Å². The first-order valence-corrected chi connectivity index (χ1v) is 14.0. The van der Waals surface area contributed by atoms with E-state index in [0.29, 0.717) is 29.7 Å². The van der Waals surface area contributed by atoms with E-state index in [0.717, 1.165) is 31.6 Å². The molecule has 0 aromatic heterocycles. The van der Waals surface area contributed by atoms with E-state index in [-0.39, 0.29) is 28.9 Å². The van der Waals surface area contributed by atoms with Crippen LogP contribution in [0.25, 0.3) is 0 Å². The molecule has 7 nitrogen and oxygen atoms in total. The molecule has 0 saturated heterocycles. The van der Waals surface area contributed by atoms with E-state index >= 15 is 0 Å². The van der Waals surface area contributed by atoms with Gasteiger partial charge in [-0.3, -0.25) is 14.5 Å². The summed E-state index contributed by atoms with van der Waals surface area (Å²) < 4.78 is 26.4. The van der Waals surface area contributed by atoms with Crippen LogP contribution in [0.5, 0.6) is 0 Å². The van der Waals surface area contributed by atoms with Crippen molar-refractivity contribution in [1.82, 2.24) is 10.2 Å². The second-order valence-corrected chi connectivity index (χ2v) is 11.4. The predicted octanol–water partition coefficient (Wildman–Crippen LogP) is 3.55. The third-order valence-electron chi connectivity index (χ3n) is 6.01. The number of carbonyl (C=O) groups excluding carboxylic acids is 2. The van der Waals surface area contributed by atoms with E-state index in [1.54, 1.807) is 17.0 Å². The van der Waals surface area contributed by atoms with Crippen molar-refractivity contribution in [2.75, 3.05) is 36.8 Å². The molecule has 0 aliphatic carbocycles. The normalized spacial score (nSPS) is 13.2. The number of fused-ring (bicyclic) bond motifs is 1. The molecule has 1 heterocycles. The number of hydrogen-bond donors (Lipinski definition) is 1. The molecule has 2 amide bonds. The molecule has 1 aliphatic rings. The smallest absolute Gasteiger partial charge is 0.223 e. The Bertz CT molecular complexity index is 1120. The van der Waals surface area contributed by atoms with Crippen LogP contribution in [0, 0.1) is 0 Å². The summed E-state index contributed by atoms with van der Waals surface area (Å²) in [6.45, 7) is 7.25. The number of nitrogens with zero attached hydrogens (tertiary/aromatic N) is 2. The van der Waals surface area contributed by atoms with Crippen LogP contribution >= 0.6 is 15.9 Å².